The van der Waals surface area contributed by atoms with E-state index in [0.29, 0.717) is 36.2 Å². The first-order valence-corrected chi connectivity index (χ1v) is 6.71. The number of methoxy groups -OCH3 is 2. The van der Waals surface area contributed by atoms with Gasteiger partial charge in [0, 0.05) is 32.2 Å². The summed E-state index contributed by atoms with van der Waals surface area (Å²) in [5, 5.41) is 6.49. The number of carbonyl (C=O) groups is 1. The van der Waals surface area contributed by atoms with Gasteiger partial charge in [0.05, 0.1) is 24.9 Å². The molecule has 1 aliphatic heterocycles. The summed E-state index contributed by atoms with van der Waals surface area (Å²) < 4.78 is 10.4. The summed E-state index contributed by atoms with van der Waals surface area (Å²) >= 11 is 6.09. The Labute approximate surface area is 123 Å². The Morgan fingerprint density at radius 3 is 2.70 bits per heavy atom. The van der Waals surface area contributed by atoms with Crippen molar-refractivity contribution < 1.29 is 14.3 Å². The highest BCUT2D eigenvalue weighted by Gasteiger charge is 2.18. The van der Waals surface area contributed by atoms with Gasteiger partial charge in [0.2, 0.25) is 0 Å². The fraction of sp³-hybridized carbons (Fsp3) is 0.462. The van der Waals surface area contributed by atoms with E-state index in [1.54, 1.807) is 31.3 Å². The Kier molecular flexibility index (Phi) is 4.79. The molecule has 0 spiro atoms. The number of hydrogen-bond donors (Lipinski definition) is 2. The third-order valence-corrected chi connectivity index (χ3v) is 3.41. The van der Waals surface area contributed by atoms with Gasteiger partial charge in [-0.1, -0.05) is 11.6 Å². The number of urea groups is 1. The SMILES string of the molecule is COc1cc(OC)c(NCCN2CCNC2=O)cc1Cl. The van der Waals surface area contributed by atoms with Crippen molar-refractivity contribution in [2.24, 2.45) is 0 Å². The molecule has 1 aliphatic rings. The van der Waals surface area contributed by atoms with Gasteiger partial charge in [-0.2, -0.15) is 0 Å². The van der Waals surface area contributed by atoms with E-state index in [-0.39, 0.29) is 6.03 Å². The molecule has 1 heterocycles. The zero-order valence-electron chi connectivity index (χ0n) is 11.5. The fourth-order valence-corrected chi connectivity index (χ4v) is 2.29. The van der Waals surface area contributed by atoms with E-state index in [9.17, 15) is 4.79 Å². The van der Waals surface area contributed by atoms with Gasteiger partial charge in [-0.05, 0) is 6.07 Å². The highest BCUT2D eigenvalue weighted by atomic mass is 35.5. The van der Waals surface area contributed by atoms with Crippen LogP contribution in [0.4, 0.5) is 10.5 Å². The topological polar surface area (TPSA) is 62.8 Å². The summed E-state index contributed by atoms with van der Waals surface area (Å²) in [6.07, 6.45) is 0. The first-order valence-electron chi connectivity index (χ1n) is 6.34. The zero-order valence-corrected chi connectivity index (χ0v) is 12.3. The third kappa shape index (κ3) is 3.19. The van der Waals surface area contributed by atoms with Crippen LogP contribution in [0.3, 0.4) is 0 Å². The predicted octanol–water partition coefficient (Wildman–Crippen LogP) is 1.79. The van der Waals surface area contributed by atoms with Gasteiger partial charge in [-0.15, -0.1) is 0 Å². The highest BCUT2D eigenvalue weighted by Crippen LogP contribution is 2.35. The molecule has 7 heteroatoms. The Bertz CT molecular complexity index is 496. The van der Waals surface area contributed by atoms with Crippen molar-refractivity contribution in [3.63, 3.8) is 0 Å². The van der Waals surface area contributed by atoms with E-state index in [2.05, 4.69) is 10.6 Å². The van der Waals surface area contributed by atoms with Crippen molar-refractivity contribution in [3.05, 3.63) is 17.2 Å². The first-order chi connectivity index (χ1) is 9.65. The van der Waals surface area contributed by atoms with Gasteiger partial charge in [0.15, 0.2) is 0 Å². The summed E-state index contributed by atoms with van der Waals surface area (Å²) in [5.41, 5.74) is 0.776. The molecule has 2 rings (SSSR count). The van der Waals surface area contributed by atoms with Gasteiger partial charge in [0.25, 0.3) is 0 Å². The summed E-state index contributed by atoms with van der Waals surface area (Å²) in [5.74, 6) is 1.21. The molecule has 110 valence electrons. The number of nitrogens with one attached hydrogen (secondary N) is 2. The van der Waals surface area contributed by atoms with Crippen molar-refractivity contribution in [2.45, 2.75) is 0 Å². The molecule has 1 saturated heterocycles. The van der Waals surface area contributed by atoms with Crippen LogP contribution in [0, 0.1) is 0 Å². The molecular formula is C13H18ClN3O3. The zero-order chi connectivity index (χ0) is 14.5. The molecule has 1 aromatic carbocycles. The Balaban J connectivity index is 1.98. The molecule has 0 radical (unpaired) electrons. The number of nitrogens with zero attached hydrogens (tertiary/aromatic N) is 1. The molecule has 0 saturated carbocycles. The number of amides is 2. The van der Waals surface area contributed by atoms with Crippen LogP contribution in [0.25, 0.3) is 0 Å². The van der Waals surface area contributed by atoms with E-state index in [1.807, 2.05) is 0 Å². The van der Waals surface area contributed by atoms with Crippen LogP contribution in [-0.2, 0) is 0 Å². The number of ether oxygens (including phenoxy) is 2. The monoisotopic (exact) mass is 299 g/mol. The summed E-state index contributed by atoms with van der Waals surface area (Å²) in [4.78, 5) is 13.2. The summed E-state index contributed by atoms with van der Waals surface area (Å²) in [6.45, 7) is 2.68. The Morgan fingerprint density at radius 2 is 2.10 bits per heavy atom. The molecule has 6 nitrogen and oxygen atoms in total. The second kappa shape index (κ2) is 6.56. The van der Waals surface area contributed by atoms with Crippen molar-refractivity contribution >= 4 is 23.3 Å². The highest BCUT2D eigenvalue weighted by molar-refractivity contribution is 6.32. The molecule has 0 atom stereocenters. The minimum Gasteiger partial charge on any atom is -0.495 e. The van der Waals surface area contributed by atoms with Crippen LogP contribution in [-0.4, -0.2) is 51.3 Å². The van der Waals surface area contributed by atoms with Crippen LogP contribution >= 0.6 is 11.6 Å². The lowest BCUT2D eigenvalue weighted by Gasteiger charge is -2.17. The number of rotatable bonds is 6. The van der Waals surface area contributed by atoms with Gasteiger partial charge >= 0.3 is 6.03 Å². The second-order valence-electron chi connectivity index (χ2n) is 4.33. The minimum absolute atomic E-state index is 0.0217. The number of benzene rings is 1. The predicted molar refractivity (Wildman–Crippen MR) is 78.0 cm³/mol. The van der Waals surface area contributed by atoms with E-state index in [1.165, 1.54) is 0 Å². The lowest BCUT2D eigenvalue weighted by Crippen LogP contribution is -2.32. The average molecular weight is 300 g/mol. The Hall–Kier alpha value is -1.82. The average Bonchev–Trinajstić information content (AvgIpc) is 2.85. The standard InChI is InChI=1S/C13H18ClN3O3/c1-19-11-8-12(20-2)10(7-9(11)14)15-3-5-17-6-4-16-13(17)18/h7-8,15H,3-6H2,1-2H3,(H,16,18). The van der Waals surface area contributed by atoms with Gasteiger partial charge in [0.1, 0.15) is 11.5 Å². The van der Waals surface area contributed by atoms with Crippen LogP contribution in [0.1, 0.15) is 0 Å². The molecule has 2 N–H and O–H groups in total. The van der Waals surface area contributed by atoms with E-state index < -0.39 is 0 Å². The van der Waals surface area contributed by atoms with E-state index in [4.69, 9.17) is 21.1 Å². The largest absolute Gasteiger partial charge is 0.495 e. The molecule has 0 aromatic heterocycles. The van der Waals surface area contributed by atoms with Gasteiger partial charge in [-0.3, -0.25) is 0 Å². The normalized spacial score (nSPS) is 14.2. The third-order valence-electron chi connectivity index (χ3n) is 3.12. The van der Waals surface area contributed by atoms with Crippen molar-refractivity contribution in [1.82, 2.24) is 10.2 Å². The number of halogens is 1. The maximum Gasteiger partial charge on any atom is 0.317 e. The molecule has 0 unspecified atom stereocenters. The number of anilines is 1. The maximum atomic E-state index is 11.4. The molecule has 1 aromatic rings. The Morgan fingerprint density at radius 1 is 1.35 bits per heavy atom. The van der Waals surface area contributed by atoms with Crippen LogP contribution < -0.4 is 20.1 Å². The molecule has 0 aliphatic carbocycles. The lowest BCUT2D eigenvalue weighted by atomic mass is 10.2. The van der Waals surface area contributed by atoms with E-state index in [0.717, 1.165) is 12.2 Å². The summed E-state index contributed by atoms with van der Waals surface area (Å²) in [6, 6.07) is 3.46. The van der Waals surface area contributed by atoms with Crippen molar-refractivity contribution in [2.75, 3.05) is 45.7 Å². The molecule has 1 fully saturated rings. The van der Waals surface area contributed by atoms with Gasteiger partial charge in [-0.25, -0.2) is 4.79 Å². The molecular weight excluding hydrogens is 282 g/mol. The minimum atomic E-state index is -0.0217. The number of hydrogen-bond acceptors (Lipinski definition) is 4. The van der Waals surface area contributed by atoms with Crippen molar-refractivity contribution in [3.8, 4) is 11.5 Å². The fourth-order valence-electron chi connectivity index (χ4n) is 2.05. The molecule has 2 amide bonds. The van der Waals surface area contributed by atoms with Crippen LogP contribution in [0.15, 0.2) is 12.1 Å². The molecule has 0 bridgehead atoms. The van der Waals surface area contributed by atoms with Crippen molar-refractivity contribution in [1.29, 1.82) is 0 Å². The maximum absolute atomic E-state index is 11.4. The van der Waals surface area contributed by atoms with E-state index >= 15 is 0 Å². The second-order valence-corrected chi connectivity index (χ2v) is 4.74. The number of carbonyl (C=O) groups excluding carboxylic acids is 1. The molecule has 20 heavy (non-hydrogen) atoms. The van der Waals surface area contributed by atoms with Crippen LogP contribution in [0.2, 0.25) is 5.02 Å². The smallest absolute Gasteiger partial charge is 0.317 e. The lowest BCUT2D eigenvalue weighted by molar-refractivity contribution is 0.219. The van der Waals surface area contributed by atoms with Gasteiger partial charge < -0.3 is 25.0 Å². The van der Waals surface area contributed by atoms with Crippen LogP contribution in [0.5, 0.6) is 11.5 Å². The quantitative estimate of drug-likeness (QED) is 0.841. The summed E-state index contributed by atoms with van der Waals surface area (Å²) in [7, 11) is 3.14. The first kappa shape index (κ1) is 14.6.